The van der Waals surface area contributed by atoms with Crippen molar-refractivity contribution < 1.29 is 23.9 Å². The van der Waals surface area contributed by atoms with Crippen molar-refractivity contribution in [3.8, 4) is 17.4 Å². The van der Waals surface area contributed by atoms with Crippen molar-refractivity contribution >= 4 is 11.6 Å². The maximum atomic E-state index is 13.0. The van der Waals surface area contributed by atoms with Gasteiger partial charge in [-0.15, -0.1) is 0 Å². The molecule has 0 spiro atoms. The fraction of sp³-hybridized carbons (Fsp3) is 0.450. The van der Waals surface area contributed by atoms with Crippen LogP contribution in [0.4, 0.5) is 5.69 Å². The van der Waals surface area contributed by atoms with E-state index >= 15 is 0 Å². The van der Waals surface area contributed by atoms with Crippen LogP contribution in [-0.2, 0) is 0 Å². The first-order valence-electron chi connectivity index (χ1n) is 9.51. The minimum atomic E-state index is -0.592. The van der Waals surface area contributed by atoms with Crippen LogP contribution in [0, 0.1) is 24.0 Å². The van der Waals surface area contributed by atoms with E-state index in [4.69, 9.17) is 14.2 Å². The quantitative estimate of drug-likeness (QED) is 0.521. The van der Waals surface area contributed by atoms with Crippen molar-refractivity contribution in [3.05, 3.63) is 45.4 Å². The molecule has 0 radical (unpaired) electrons. The second-order valence-corrected chi connectivity index (χ2v) is 6.99. The maximum absolute atomic E-state index is 13.0. The molecule has 1 fully saturated rings. The molecule has 0 atom stereocenters. The number of benzene rings is 1. The Kier molecular flexibility index (Phi) is 6.34. The molecule has 1 aliphatic rings. The SMILES string of the molecule is COc1cc(C(=O)N2CCC(Oc3cc(C)nc(C)n3)CC2)c([N+](=O)[O-])cc1OC. The second-order valence-electron chi connectivity index (χ2n) is 6.99. The van der Waals surface area contributed by atoms with E-state index in [2.05, 4.69) is 9.97 Å². The van der Waals surface area contributed by atoms with Gasteiger partial charge in [0.1, 0.15) is 17.5 Å². The Bertz CT molecular complexity index is 936. The Morgan fingerprint density at radius 1 is 1.10 bits per heavy atom. The number of aryl methyl sites for hydroxylation is 2. The monoisotopic (exact) mass is 416 g/mol. The van der Waals surface area contributed by atoms with Crippen molar-refractivity contribution in [1.82, 2.24) is 14.9 Å². The first-order valence-corrected chi connectivity index (χ1v) is 9.51. The van der Waals surface area contributed by atoms with Crippen molar-refractivity contribution in [2.75, 3.05) is 27.3 Å². The zero-order valence-electron chi connectivity index (χ0n) is 17.4. The lowest BCUT2D eigenvalue weighted by molar-refractivity contribution is -0.385. The molecule has 1 aromatic carbocycles. The second kappa shape index (κ2) is 8.93. The summed E-state index contributed by atoms with van der Waals surface area (Å²) in [6.45, 7) is 4.51. The van der Waals surface area contributed by atoms with Crippen LogP contribution in [0.15, 0.2) is 18.2 Å². The van der Waals surface area contributed by atoms with E-state index in [9.17, 15) is 14.9 Å². The fourth-order valence-corrected chi connectivity index (χ4v) is 3.45. The molecule has 1 aliphatic heterocycles. The first kappa shape index (κ1) is 21.3. The van der Waals surface area contributed by atoms with Crippen molar-refractivity contribution in [2.45, 2.75) is 32.8 Å². The molecule has 2 aromatic rings. The van der Waals surface area contributed by atoms with Crippen LogP contribution in [0.2, 0.25) is 0 Å². The molecule has 0 N–H and O–H groups in total. The lowest BCUT2D eigenvalue weighted by Gasteiger charge is -2.32. The molecule has 160 valence electrons. The molecule has 10 nitrogen and oxygen atoms in total. The molecule has 1 saturated heterocycles. The molecular weight excluding hydrogens is 392 g/mol. The highest BCUT2D eigenvalue weighted by Crippen LogP contribution is 2.35. The van der Waals surface area contributed by atoms with Gasteiger partial charge in [0.2, 0.25) is 5.88 Å². The highest BCUT2D eigenvalue weighted by atomic mass is 16.6. The van der Waals surface area contributed by atoms with Crippen LogP contribution in [0.5, 0.6) is 17.4 Å². The van der Waals surface area contributed by atoms with Gasteiger partial charge in [-0.2, -0.15) is 4.98 Å². The molecule has 30 heavy (non-hydrogen) atoms. The van der Waals surface area contributed by atoms with E-state index in [1.165, 1.54) is 26.4 Å². The minimum absolute atomic E-state index is 0.0286. The number of hydrogen-bond acceptors (Lipinski definition) is 8. The van der Waals surface area contributed by atoms with E-state index in [1.54, 1.807) is 17.9 Å². The highest BCUT2D eigenvalue weighted by Gasteiger charge is 2.31. The lowest BCUT2D eigenvalue weighted by Crippen LogP contribution is -2.42. The number of methoxy groups -OCH3 is 2. The van der Waals surface area contributed by atoms with Gasteiger partial charge in [-0.1, -0.05) is 0 Å². The molecule has 0 saturated carbocycles. The van der Waals surface area contributed by atoms with Crippen molar-refractivity contribution in [3.63, 3.8) is 0 Å². The normalized spacial score (nSPS) is 14.3. The molecule has 1 amide bonds. The van der Waals surface area contributed by atoms with E-state index < -0.39 is 10.8 Å². The van der Waals surface area contributed by atoms with E-state index in [0.717, 1.165) is 5.69 Å². The van der Waals surface area contributed by atoms with Crippen LogP contribution in [-0.4, -0.2) is 59.1 Å². The minimum Gasteiger partial charge on any atom is -0.493 e. The van der Waals surface area contributed by atoms with Gasteiger partial charge in [-0.3, -0.25) is 14.9 Å². The predicted octanol–water partition coefficient (Wildman–Crippen LogP) is 2.70. The summed E-state index contributed by atoms with van der Waals surface area (Å²) in [6, 6.07) is 4.34. The van der Waals surface area contributed by atoms with Gasteiger partial charge in [-0.05, 0) is 13.8 Å². The number of carbonyl (C=O) groups is 1. The molecule has 3 rings (SSSR count). The summed E-state index contributed by atoms with van der Waals surface area (Å²) < 4.78 is 16.3. The summed E-state index contributed by atoms with van der Waals surface area (Å²) in [4.78, 5) is 34.0. The number of likely N-dealkylation sites (tertiary alicyclic amines) is 1. The number of piperidine rings is 1. The van der Waals surface area contributed by atoms with E-state index in [0.29, 0.717) is 37.6 Å². The molecule has 0 aliphatic carbocycles. The number of hydrogen-bond donors (Lipinski definition) is 0. The number of nitro groups is 1. The maximum Gasteiger partial charge on any atom is 0.286 e. The van der Waals surface area contributed by atoms with Gasteiger partial charge in [0, 0.05) is 43.8 Å². The molecule has 0 bridgehead atoms. The van der Waals surface area contributed by atoms with Gasteiger partial charge >= 0.3 is 0 Å². The molecule has 10 heteroatoms. The van der Waals surface area contributed by atoms with Gasteiger partial charge in [-0.25, -0.2) is 4.98 Å². The number of amides is 1. The molecular formula is C20H24N4O6. The van der Waals surface area contributed by atoms with Crippen molar-refractivity contribution in [2.24, 2.45) is 0 Å². The smallest absolute Gasteiger partial charge is 0.286 e. The number of rotatable bonds is 6. The summed E-state index contributed by atoms with van der Waals surface area (Å²) in [7, 11) is 2.80. The summed E-state index contributed by atoms with van der Waals surface area (Å²) in [5.41, 5.74) is 0.480. The standard InChI is InChI=1S/C20H24N4O6/c1-12-9-19(22-13(2)21-12)30-14-5-7-23(8-6-14)20(25)15-10-17(28-3)18(29-4)11-16(15)24(26)27/h9-11,14H,5-8H2,1-4H3. The van der Waals surface area contributed by atoms with Gasteiger partial charge in [0.05, 0.1) is 25.2 Å². The average molecular weight is 416 g/mol. The first-order chi connectivity index (χ1) is 14.3. The number of ether oxygens (including phenoxy) is 3. The third-order valence-electron chi connectivity index (χ3n) is 4.89. The summed E-state index contributed by atoms with van der Waals surface area (Å²) in [5, 5.41) is 11.5. The number of aromatic nitrogens is 2. The van der Waals surface area contributed by atoms with Crippen LogP contribution in [0.25, 0.3) is 0 Å². The third-order valence-corrected chi connectivity index (χ3v) is 4.89. The fourth-order valence-electron chi connectivity index (χ4n) is 3.45. The van der Waals surface area contributed by atoms with Crippen LogP contribution in [0.1, 0.15) is 34.7 Å². The topological polar surface area (TPSA) is 117 Å². The van der Waals surface area contributed by atoms with E-state index in [-0.39, 0.29) is 28.9 Å². The average Bonchev–Trinajstić information content (AvgIpc) is 2.72. The number of carbonyl (C=O) groups excluding carboxylic acids is 1. The van der Waals surface area contributed by atoms with Gasteiger partial charge in [0.25, 0.3) is 11.6 Å². The van der Waals surface area contributed by atoms with Gasteiger partial charge in [0.15, 0.2) is 11.5 Å². The molecule has 0 unspecified atom stereocenters. The highest BCUT2D eigenvalue weighted by molar-refractivity contribution is 5.99. The number of nitrogens with zero attached hydrogens (tertiary/aromatic N) is 4. The Hall–Kier alpha value is -3.43. The molecule has 1 aromatic heterocycles. The Labute approximate surface area is 173 Å². The third kappa shape index (κ3) is 4.58. The largest absolute Gasteiger partial charge is 0.493 e. The Morgan fingerprint density at radius 3 is 2.30 bits per heavy atom. The Balaban J connectivity index is 1.72. The Morgan fingerprint density at radius 2 is 1.73 bits per heavy atom. The predicted molar refractivity (Wildman–Crippen MR) is 107 cm³/mol. The summed E-state index contributed by atoms with van der Waals surface area (Å²) in [6.07, 6.45) is 1.09. The zero-order chi connectivity index (χ0) is 21.8. The summed E-state index contributed by atoms with van der Waals surface area (Å²) >= 11 is 0. The van der Waals surface area contributed by atoms with Crippen molar-refractivity contribution in [1.29, 1.82) is 0 Å². The van der Waals surface area contributed by atoms with Crippen LogP contribution < -0.4 is 14.2 Å². The van der Waals surface area contributed by atoms with E-state index in [1.807, 2.05) is 6.92 Å². The van der Waals surface area contributed by atoms with Crippen LogP contribution >= 0.6 is 0 Å². The summed E-state index contributed by atoms with van der Waals surface area (Å²) in [5.74, 6) is 1.19. The zero-order valence-corrected chi connectivity index (χ0v) is 17.4. The van der Waals surface area contributed by atoms with Crippen LogP contribution in [0.3, 0.4) is 0 Å². The molecule has 2 heterocycles. The number of nitro benzene ring substituents is 1. The lowest BCUT2D eigenvalue weighted by atomic mass is 10.0. The van der Waals surface area contributed by atoms with Gasteiger partial charge < -0.3 is 19.1 Å².